The summed E-state index contributed by atoms with van der Waals surface area (Å²) in [6.07, 6.45) is 8.81. The third kappa shape index (κ3) is 4.01. The number of carbonyl (C=O) groups excluding carboxylic acids is 1. The Morgan fingerprint density at radius 2 is 2.45 bits per heavy atom. The average Bonchev–Trinajstić information content (AvgIpc) is 2.76. The Kier molecular flexibility index (Phi) is 6.59. The van der Waals surface area contributed by atoms with Gasteiger partial charge in [0, 0.05) is 51.5 Å². The first-order chi connectivity index (χ1) is 9.19. The summed E-state index contributed by atoms with van der Waals surface area (Å²) in [5.41, 5.74) is 0.0963. The number of nitrogens with one attached hydrogen (secondary N) is 2. The highest BCUT2D eigenvalue weighted by Gasteiger charge is 2.42. The van der Waals surface area contributed by atoms with E-state index in [4.69, 9.17) is 6.42 Å². The smallest absolute Gasteiger partial charge is 0.220 e. The first kappa shape index (κ1) is 17.1. The van der Waals surface area contributed by atoms with E-state index in [1.807, 2.05) is 0 Å². The second-order valence-electron chi connectivity index (χ2n) is 5.41. The van der Waals surface area contributed by atoms with Gasteiger partial charge >= 0.3 is 0 Å². The van der Waals surface area contributed by atoms with Crippen molar-refractivity contribution in [3.05, 3.63) is 0 Å². The number of terminal acetylenes is 1. The zero-order valence-corrected chi connectivity index (χ0v) is 14.3. The fourth-order valence-corrected chi connectivity index (χ4v) is 3.01. The van der Waals surface area contributed by atoms with Crippen LogP contribution in [0, 0.1) is 17.8 Å². The van der Waals surface area contributed by atoms with Crippen LogP contribution in [0.3, 0.4) is 0 Å². The maximum Gasteiger partial charge on any atom is 0.220 e. The van der Waals surface area contributed by atoms with Crippen LogP contribution >= 0.6 is 24.0 Å². The van der Waals surface area contributed by atoms with Gasteiger partial charge in [0.05, 0.1) is 0 Å². The second-order valence-corrected chi connectivity index (χ2v) is 5.41. The number of amides is 1. The van der Waals surface area contributed by atoms with Crippen LogP contribution < -0.4 is 10.6 Å². The molecule has 1 spiro atoms. The molecule has 0 saturated carbocycles. The van der Waals surface area contributed by atoms with Gasteiger partial charge in [-0.25, -0.2) is 0 Å². The third-order valence-corrected chi connectivity index (χ3v) is 3.92. The number of piperidine rings is 1. The van der Waals surface area contributed by atoms with Gasteiger partial charge in [-0.3, -0.25) is 9.79 Å². The van der Waals surface area contributed by atoms with Crippen LogP contribution in [0.2, 0.25) is 0 Å². The minimum absolute atomic E-state index is 0. The molecule has 1 atom stereocenters. The van der Waals surface area contributed by atoms with E-state index in [-0.39, 0.29) is 35.3 Å². The Morgan fingerprint density at radius 3 is 3.05 bits per heavy atom. The molecule has 2 saturated heterocycles. The quantitative estimate of drug-likeness (QED) is 0.241. The van der Waals surface area contributed by atoms with Gasteiger partial charge in [0.1, 0.15) is 0 Å². The van der Waals surface area contributed by atoms with Crippen LogP contribution in [0.15, 0.2) is 4.99 Å². The summed E-state index contributed by atoms with van der Waals surface area (Å²) in [5.74, 6) is 3.69. The van der Waals surface area contributed by atoms with Crippen LogP contribution in [-0.4, -0.2) is 50.0 Å². The van der Waals surface area contributed by atoms with Gasteiger partial charge in [-0.1, -0.05) is 0 Å². The number of halogens is 1. The second kappa shape index (κ2) is 7.72. The zero-order chi connectivity index (χ0) is 13.7. The van der Waals surface area contributed by atoms with E-state index in [1.165, 1.54) is 0 Å². The van der Waals surface area contributed by atoms with E-state index in [0.29, 0.717) is 12.8 Å². The average molecular weight is 390 g/mol. The van der Waals surface area contributed by atoms with Crippen molar-refractivity contribution in [3.63, 3.8) is 0 Å². The van der Waals surface area contributed by atoms with Gasteiger partial charge in [-0.15, -0.1) is 36.3 Å². The number of aliphatic imine (C=N–C) groups is 1. The van der Waals surface area contributed by atoms with Gasteiger partial charge in [0.2, 0.25) is 5.91 Å². The van der Waals surface area contributed by atoms with Crippen molar-refractivity contribution in [2.75, 3.05) is 33.2 Å². The molecule has 0 aromatic heterocycles. The first-order valence-corrected chi connectivity index (χ1v) is 6.85. The lowest BCUT2D eigenvalue weighted by molar-refractivity contribution is -0.119. The van der Waals surface area contributed by atoms with E-state index in [9.17, 15) is 4.79 Å². The van der Waals surface area contributed by atoms with Crippen LogP contribution in [-0.2, 0) is 4.79 Å². The summed E-state index contributed by atoms with van der Waals surface area (Å²) in [7, 11) is 1.79. The molecule has 20 heavy (non-hydrogen) atoms. The monoisotopic (exact) mass is 390 g/mol. The molecule has 1 unspecified atom stereocenters. The van der Waals surface area contributed by atoms with Crippen molar-refractivity contribution in [1.82, 2.24) is 15.5 Å². The lowest BCUT2D eigenvalue weighted by Crippen LogP contribution is -2.51. The van der Waals surface area contributed by atoms with Gasteiger partial charge < -0.3 is 15.5 Å². The normalized spacial score (nSPS) is 25.9. The Labute approximate surface area is 138 Å². The van der Waals surface area contributed by atoms with Crippen molar-refractivity contribution in [2.24, 2.45) is 10.4 Å². The molecule has 6 heteroatoms. The predicted molar refractivity (Wildman–Crippen MR) is 91.1 cm³/mol. The molecule has 0 radical (unpaired) electrons. The van der Waals surface area contributed by atoms with Crippen LogP contribution in [0.4, 0.5) is 0 Å². The molecule has 0 aliphatic carbocycles. The van der Waals surface area contributed by atoms with Crippen molar-refractivity contribution in [2.45, 2.75) is 25.7 Å². The molecule has 0 aromatic rings. The lowest BCUT2D eigenvalue weighted by atomic mass is 9.79. The highest BCUT2D eigenvalue weighted by atomic mass is 127. The number of rotatable bonds is 2. The fourth-order valence-electron chi connectivity index (χ4n) is 3.01. The maximum absolute atomic E-state index is 11.5. The maximum atomic E-state index is 11.5. The lowest BCUT2D eigenvalue weighted by Gasteiger charge is -2.40. The number of hydrogen-bond acceptors (Lipinski definition) is 2. The van der Waals surface area contributed by atoms with Crippen LogP contribution in [0.5, 0.6) is 0 Å². The molecular formula is C14H23IN4O. The van der Waals surface area contributed by atoms with E-state index in [2.05, 4.69) is 26.4 Å². The van der Waals surface area contributed by atoms with Gasteiger partial charge in [-0.2, -0.15) is 0 Å². The van der Waals surface area contributed by atoms with E-state index in [1.54, 1.807) is 7.05 Å². The standard InChI is InChI=1S/C14H22N4O.HI/c1-3-4-7-16-13(15-2)18-8-5-6-14(11-18)9-12(19)17-10-14;/h1H,4-11H2,2H3,(H,15,16)(H,17,19);1H. The van der Waals surface area contributed by atoms with Crippen molar-refractivity contribution in [1.29, 1.82) is 0 Å². The summed E-state index contributed by atoms with van der Waals surface area (Å²) in [6, 6.07) is 0. The van der Waals surface area contributed by atoms with E-state index < -0.39 is 0 Å². The number of guanidine groups is 1. The Bertz CT molecular complexity index is 418. The first-order valence-electron chi connectivity index (χ1n) is 6.85. The predicted octanol–water partition coefficient (Wildman–Crippen LogP) is 0.805. The highest BCUT2D eigenvalue weighted by Crippen LogP contribution is 2.35. The van der Waals surface area contributed by atoms with Crippen LogP contribution in [0.1, 0.15) is 25.7 Å². The minimum Gasteiger partial charge on any atom is -0.355 e. The molecular weight excluding hydrogens is 367 g/mol. The summed E-state index contributed by atoms with van der Waals surface area (Å²) >= 11 is 0. The van der Waals surface area contributed by atoms with E-state index >= 15 is 0 Å². The molecule has 2 aliphatic rings. The fraction of sp³-hybridized carbons (Fsp3) is 0.714. The van der Waals surface area contributed by atoms with Crippen LogP contribution in [0.25, 0.3) is 0 Å². The molecule has 2 N–H and O–H groups in total. The Morgan fingerprint density at radius 1 is 1.65 bits per heavy atom. The van der Waals surface area contributed by atoms with Crippen molar-refractivity contribution >= 4 is 35.8 Å². The molecule has 2 fully saturated rings. The molecule has 0 bridgehead atoms. The largest absolute Gasteiger partial charge is 0.355 e. The number of nitrogens with zero attached hydrogens (tertiary/aromatic N) is 2. The third-order valence-electron chi connectivity index (χ3n) is 3.92. The number of carbonyl (C=O) groups is 1. The molecule has 1 amide bonds. The molecule has 2 rings (SSSR count). The molecule has 0 aromatic carbocycles. The SMILES string of the molecule is C#CCCNC(=NC)N1CCCC2(CNC(=O)C2)C1.I. The van der Waals surface area contributed by atoms with E-state index in [0.717, 1.165) is 45.0 Å². The minimum atomic E-state index is 0. The molecule has 5 nitrogen and oxygen atoms in total. The summed E-state index contributed by atoms with van der Waals surface area (Å²) in [6.45, 7) is 3.42. The molecule has 2 aliphatic heterocycles. The van der Waals surface area contributed by atoms with Gasteiger partial charge in [-0.05, 0) is 12.8 Å². The summed E-state index contributed by atoms with van der Waals surface area (Å²) in [4.78, 5) is 18.0. The number of likely N-dealkylation sites (tertiary alicyclic amines) is 1. The number of hydrogen-bond donors (Lipinski definition) is 2. The van der Waals surface area contributed by atoms with Gasteiger partial charge in [0.25, 0.3) is 0 Å². The van der Waals surface area contributed by atoms with Gasteiger partial charge in [0.15, 0.2) is 5.96 Å². The van der Waals surface area contributed by atoms with Crippen molar-refractivity contribution in [3.8, 4) is 12.3 Å². The summed E-state index contributed by atoms with van der Waals surface area (Å²) < 4.78 is 0. The Balaban J connectivity index is 0.00000200. The highest BCUT2D eigenvalue weighted by molar-refractivity contribution is 14.0. The molecule has 2 heterocycles. The topological polar surface area (TPSA) is 56.7 Å². The molecule has 112 valence electrons. The zero-order valence-electron chi connectivity index (χ0n) is 11.9. The van der Waals surface area contributed by atoms with Crippen molar-refractivity contribution < 1.29 is 4.79 Å². The Hall–Kier alpha value is -0.970. The summed E-state index contributed by atoms with van der Waals surface area (Å²) in [5, 5.41) is 6.24.